The molecule has 0 amide bonds. The Balaban J connectivity index is 5.26. The van der Waals surface area contributed by atoms with Gasteiger partial charge in [0, 0.05) is 25.7 Å². The van der Waals surface area contributed by atoms with E-state index in [0.717, 1.165) is 120 Å². The molecule has 3 N–H and O–H groups in total. The lowest BCUT2D eigenvalue weighted by Gasteiger charge is -2.21. The Morgan fingerprint density at radius 3 is 0.816 bits per heavy atom. The Morgan fingerprint density at radius 2 is 0.552 bits per heavy atom. The molecule has 0 aliphatic carbocycles. The van der Waals surface area contributed by atoms with Gasteiger partial charge in [-0.1, -0.05) is 280 Å². The maximum atomic E-state index is 13.0. The highest BCUT2D eigenvalue weighted by Gasteiger charge is 2.30. The van der Waals surface area contributed by atoms with E-state index in [1.165, 1.54) is 128 Å². The Hall–Kier alpha value is -1.94. The Kier molecular flexibility index (Phi) is 56.6. The van der Waals surface area contributed by atoms with Crippen molar-refractivity contribution in [1.29, 1.82) is 0 Å². The first-order chi connectivity index (χ1) is 41.6. The van der Waals surface area contributed by atoms with Gasteiger partial charge in [0.1, 0.15) is 19.3 Å². The number of carbonyl (C=O) groups excluding carboxylic acids is 4. The molecule has 17 nitrogen and oxygen atoms in total. The van der Waals surface area contributed by atoms with Crippen molar-refractivity contribution in [2.24, 2.45) is 23.7 Å². The lowest BCUT2D eigenvalue weighted by molar-refractivity contribution is -0.161. The quantitative estimate of drug-likeness (QED) is 0.0222. The van der Waals surface area contributed by atoms with Crippen molar-refractivity contribution >= 4 is 39.5 Å². The number of phosphoric ester groups is 2. The molecule has 0 aliphatic rings. The van der Waals surface area contributed by atoms with Gasteiger partial charge in [0.2, 0.25) is 0 Å². The molecule has 0 heterocycles. The van der Waals surface area contributed by atoms with Crippen LogP contribution in [0.15, 0.2) is 0 Å². The molecule has 0 saturated carbocycles. The number of aliphatic hydroxyl groups is 1. The summed E-state index contributed by atoms with van der Waals surface area (Å²) in [7, 11) is -9.90. The third kappa shape index (κ3) is 61.3. The fraction of sp³-hybridized carbons (Fsp3) is 0.941. The molecule has 516 valence electrons. The van der Waals surface area contributed by atoms with E-state index in [9.17, 15) is 43.2 Å². The summed E-state index contributed by atoms with van der Waals surface area (Å²) >= 11 is 0. The largest absolute Gasteiger partial charge is 0.472 e. The van der Waals surface area contributed by atoms with Crippen LogP contribution >= 0.6 is 15.6 Å². The zero-order chi connectivity index (χ0) is 64.7. The number of ether oxygens (including phenoxy) is 4. The van der Waals surface area contributed by atoms with Crippen LogP contribution in [0, 0.1) is 23.7 Å². The van der Waals surface area contributed by atoms with Crippen LogP contribution < -0.4 is 0 Å². The fourth-order valence-electron chi connectivity index (χ4n) is 10.1. The first-order valence-corrected chi connectivity index (χ1v) is 38.2. The Labute approximate surface area is 530 Å². The van der Waals surface area contributed by atoms with Crippen LogP contribution in [0.2, 0.25) is 0 Å². The number of unbranched alkanes of at least 4 members (excludes halogenated alkanes) is 30. The minimum atomic E-state index is -4.95. The van der Waals surface area contributed by atoms with Crippen molar-refractivity contribution in [3.8, 4) is 0 Å². The van der Waals surface area contributed by atoms with Crippen molar-refractivity contribution < 1.29 is 80.2 Å². The van der Waals surface area contributed by atoms with Crippen LogP contribution in [0.4, 0.5) is 0 Å². The maximum Gasteiger partial charge on any atom is 0.472 e. The Morgan fingerprint density at radius 1 is 0.322 bits per heavy atom. The van der Waals surface area contributed by atoms with Gasteiger partial charge in [-0.05, 0) is 49.4 Å². The molecule has 0 aromatic heterocycles. The second-order valence-corrected chi connectivity index (χ2v) is 29.1. The van der Waals surface area contributed by atoms with E-state index in [1.807, 2.05) is 0 Å². The smallest absolute Gasteiger partial charge is 0.462 e. The molecule has 0 spiro atoms. The molecule has 0 aromatic carbocycles. The van der Waals surface area contributed by atoms with Crippen molar-refractivity contribution in [1.82, 2.24) is 0 Å². The molecule has 87 heavy (non-hydrogen) atoms. The normalized spacial score (nSPS) is 14.6. The van der Waals surface area contributed by atoms with E-state index >= 15 is 0 Å². The van der Waals surface area contributed by atoms with Gasteiger partial charge in [0.05, 0.1) is 26.4 Å². The summed E-state index contributed by atoms with van der Waals surface area (Å²) in [6.07, 6.45) is 39.0. The van der Waals surface area contributed by atoms with Crippen LogP contribution in [0.25, 0.3) is 0 Å². The van der Waals surface area contributed by atoms with Crippen molar-refractivity contribution in [3.05, 3.63) is 0 Å². The molecular weight excluding hydrogens is 1150 g/mol. The fourth-order valence-corrected chi connectivity index (χ4v) is 11.7. The topological polar surface area (TPSA) is 237 Å². The molecule has 0 saturated heterocycles. The number of aliphatic hydroxyl groups excluding tert-OH is 1. The van der Waals surface area contributed by atoms with E-state index < -0.39 is 97.5 Å². The summed E-state index contributed by atoms with van der Waals surface area (Å²) in [6.45, 7) is 14.0. The maximum absolute atomic E-state index is 13.0. The molecule has 0 radical (unpaired) electrons. The Bertz CT molecular complexity index is 1730. The molecule has 0 rings (SSSR count). The van der Waals surface area contributed by atoms with Gasteiger partial charge in [-0.2, -0.15) is 0 Å². The van der Waals surface area contributed by atoms with Crippen LogP contribution in [0.3, 0.4) is 0 Å². The summed E-state index contributed by atoms with van der Waals surface area (Å²) < 4.78 is 68.2. The third-order valence-corrected chi connectivity index (χ3v) is 17.8. The first-order valence-electron chi connectivity index (χ1n) is 35.2. The van der Waals surface area contributed by atoms with Gasteiger partial charge < -0.3 is 33.8 Å². The predicted molar refractivity (Wildman–Crippen MR) is 349 cm³/mol. The second-order valence-electron chi connectivity index (χ2n) is 26.2. The third-order valence-electron chi connectivity index (χ3n) is 15.9. The highest BCUT2D eigenvalue weighted by atomic mass is 31.2. The number of hydrogen-bond donors (Lipinski definition) is 3. The summed E-state index contributed by atoms with van der Waals surface area (Å²) in [5, 5.41) is 10.6. The SMILES string of the molecule is CCC(C)CCCCCCCCC(=O)OC[C@H](COP(=O)(O)OC[C@H](O)COP(=O)(O)OC[C@@H](COC(=O)CCCCCCCCCCCCCC(C)C)OC(=O)CCCCCCCCCCCC(C)C)OC(=O)CCCCCCCCCCC(C)C. The lowest BCUT2D eigenvalue weighted by atomic mass is 10.00. The van der Waals surface area contributed by atoms with Gasteiger partial charge in [0.25, 0.3) is 0 Å². The van der Waals surface area contributed by atoms with Crippen LogP contribution in [0.1, 0.15) is 331 Å². The number of carbonyl (C=O) groups is 4. The second kappa shape index (κ2) is 57.9. The number of hydrogen-bond acceptors (Lipinski definition) is 15. The molecule has 0 aliphatic heterocycles. The monoisotopic (exact) mass is 1280 g/mol. The zero-order valence-electron chi connectivity index (χ0n) is 56.6. The molecule has 3 unspecified atom stereocenters. The predicted octanol–water partition coefficient (Wildman–Crippen LogP) is 18.9. The first kappa shape index (κ1) is 85.1. The molecule has 0 aromatic rings. The highest BCUT2D eigenvalue weighted by molar-refractivity contribution is 7.47. The van der Waals surface area contributed by atoms with Crippen LogP contribution in [-0.2, 0) is 65.4 Å². The molecule has 0 bridgehead atoms. The van der Waals surface area contributed by atoms with Crippen molar-refractivity contribution in [3.63, 3.8) is 0 Å². The van der Waals surface area contributed by atoms with Crippen molar-refractivity contribution in [2.45, 2.75) is 350 Å². The van der Waals surface area contributed by atoms with Gasteiger partial charge in [-0.25, -0.2) is 9.13 Å². The summed E-state index contributed by atoms with van der Waals surface area (Å²) in [4.78, 5) is 72.4. The minimum Gasteiger partial charge on any atom is -0.462 e. The molecular formula is C68H132O17P2. The van der Waals surface area contributed by atoms with Crippen molar-refractivity contribution in [2.75, 3.05) is 39.6 Å². The standard InChI is InChI=1S/C68H132O17P2/c1-9-61(8)47-39-31-26-27-33-41-49-66(71)79-55-64(85-68(73)51-43-35-25-19-18-22-30-38-46-60(6)7)57-83-87(76,77)81-53-62(69)52-80-86(74,75)82-56-63(84-67(72)50-42-34-24-17-13-15-21-29-37-45-59(4)5)54-78-65(70)48-40-32-23-16-12-10-11-14-20-28-36-44-58(2)3/h58-64,69H,9-57H2,1-8H3,(H,74,75)(H,76,77)/t61?,62-,63-,64-/m1/s1. The molecule has 6 atom stereocenters. The average molecular weight is 1280 g/mol. The van der Waals surface area contributed by atoms with Gasteiger partial charge >= 0.3 is 39.5 Å². The number of esters is 4. The summed E-state index contributed by atoms with van der Waals surface area (Å²) in [6, 6.07) is 0. The number of rotatable bonds is 65. The van der Waals surface area contributed by atoms with Crippen LogP contribution in [-0.4, -0.2) is 96.7 Å². The number of phosphoric acid groups is 2. The van der Waals surface area contributed by atoms with Gasteiger partial charge in [0.15, 0.2) is 12.2 Å². The van der Waals surface area contributed by atoms with E-state index in [-0.39, 0.29) is 25.7 Å². The lowest BCUT2D eigenvalue weighted by Crippen LogP contribution is -2.30. The van der Waals surface area contributed by atoms with E-state index in [2.05, 4.69) is 55.4 Å². The van der Waals surface area contributed by atoms with E-state index in [4.69, 9.17) is 37.0 Å². The summed E-state index contributed by atoms with van der Waals surface area (Å²) in [5.74, 6) is 0.822. The van der Waals surface area contributed by atoms with Gasteiger partial charge in [-0.3, -0.25) is 37.3 Å². The van der Waals surface area contributed by atoms with E-state index in [0.29, 0.717) is 25.7 Å². The summed E-state index contributed by atoms with van der Waals surface area (Å²) in [5.41, 5.74) is 0. The average Bonchev–Trinajstić information content (AvgIpc) is 3.59. The highest BCUT2D eigenvalue weighted by Crippen LogP contribution is 2.45. The zero-order valence-corrected chi connectivity index (χ0v) is 58.4. The van der Waals surface area contributed by atoms with E-state index in [1.54, 1.807) is 0 Å². The minimum absolute atomic E-state index is 0.103. The molecule has 0 fully saturated rings. The van der Waals surface area contributed by atoms with Gasteiger partial charge in [-0.15, -0.1) is 0 Å². The molecule has 19 heteroatoms. The van der Waals surface area contributed by atoms with Crippen LogP contribution in [0.5, 0.6) is 0 Å².